The molecule has 5 rings (SSSR count). The van der Waals surface area contributed by atoms with Crippen molar-refractivity contribution < 1.29 is 4.39 Å². The lowest BCUT2D eigenvalue weighted by molar-refractivity contribution is 0.237. The number of aromatic nitrogens is 2. The predicted octanol–water partition coefficient (Wildman–Crippen LogP) is 2.95. The Morgan fingerprint density at radius 2 is 1.86 bits per heavy atom. The monoisotopic (exact) mass is 373 g/mol. The van der Waals surface area contributed by atoms with Gasteiger partial charge in [-0.3, -0.25) is 14.3 Å². The van der Waals surface area contributed by atoms with Crippen molar-refractivity contribution in [1.82, 2.24) is 14.5 Å². The lowest BCUT2D eigenvalue weighted by atomic mass is 10.1. The highest BCUT2D eigenvalue weighted by atomic mass is 19.1. The van der Waals surface area contributed by atoms with Crippen molar-refractivity contribution in [2.24, 2.45) is 0 Å². The van der Waals surface area contributed by atoms with E-state index in [4.69, 9.17) is 4.98 Å². The summed E-state index contributed by atoms with van der Waals surface area (Å²) >= 11 is 0. The molecule has 1 aromatic heterocycles. The standard InChI is InChI=1S/C23H20FN3O/c1-26-18-8-9-19(26)14-27-22(13-18)25-21-12-16(7-10-20(21)23(27)28)6-5-15-3-2-4-17(24)11-15/h2-4,7,10-12,18-19H,8-9,13-14H2,1H3. The SMILES string of the molecule is CN1C2CCC1Cn1c(nc3cc(C#Cc4cccc(F)c4)ccc3c1=O)C2. The number of halogens is 1. The Bertz CT molecular complexity index is 1200. The van der Waals surface area contributed by atoms with Gasteiger partial charge in [0.1, 0.15) is 11.6 Å². The van der Waals surface area contributed by atoms with Gasteiger partial charge in [-0.1, -0.05) is 17.9 Å². The molecule has 2 unspecified atom stereocenters. The van der Waals surface area contributed by atoms with Gasteiger partial charge in [0.05, 0.1) is 10.9 Å². The number of nitrogens with zero attached hydrogens (tertiary/aromatic N) is 3. The molecule has 0 spiro atoms. The fourth-order valence-corrected chi connectivity index (χ4v) is 4.38. The van der Waals surface area contributed by atoms with Crippen LogP contribution < -0.4 is 5.56 Å². The summed E-state index contributed by atoms with van der Waals surface area (Å²) in [6, 6.07) is 12.6. The predicted molar refractivity (Wildman–Crippen MR) is 107 cm³/mol. The van der Waals surface area contributed by atoms with Crippen LogP contribution in [0.1, 0.15) is 29.8 Å². The summed E-state index contributed by atoms with van der Waals surface area (Å²) in [5.74, 6) is 6.59. The minimum Gasteiger partial charge on any atom is -0.298 e. The van der Waals surface area contributed by atoms with Crippen LogP contribution in [-0.2, 0) is 13.0 Å². The van der Waals surface area contributed by atoms with E-state index in [1.165, 1.54) is 12.1 Å². The number of fused-ring (bicyclic) bond motifs is 4. The molecule has 0 N–H and O–H groups in total. The van der Waals surface area contributed by atoms with E-state index in [9.17, 15) is 9.18 Å². The maximum absolute atomic E-state index is 13.3. The van der Waals surface area contributed by atoms with Gasteiger partial charge in [-0.15, -0.1) is 0 Å². The quantitative estimate of drug-likeness (QED) is 0.569. The van der Waals surface area contributed by atoms with Crippen LogP contribution in [0.5, 0.6) is 0 Å². The Kier molecular flexibility index (Phi) is 4.03. The van der Waals surface area contributed by atoms with Gasteiger partial charge in [-0.2, -0.15) is 0 Å². The van der Waals surface area contributed by atoms with Gasteiger partial charge in [0.25, 0.3) is 5.56 Å². The van der Waals surface area contributed by atoms with Crippen LogP contribution in [0.4, 0.5) is 4.39 Å². The molecular weight excluding hydrogens is 353 g/mol. The normalized spacial score (nSPS) is 21.1. The summed E-state index contributed by atoms with van der Waals surface area (Å²) in [4.78, 5) is 20.3. The van der Waals surface area contributed by atoms with E-state index in [0.29, 0.717) is 35.1 Å². The average molecular weight is 373 g/mol. The van der Waals surface area contributed by atoms with E-state index in [1.807, 2.05) is 16.7 Å². The number of likely N-dealkylation sites (N-methyl/N-ethyl adjacent to an activating group) is 1. The first kappa shape index (κ1) is 17.2. The van der Waals surface area contributed by atoms with E-state index >= 15 is 0 Å². The first-order valence-electron chi connectivity index (χ1n) is 9.61. The van der Waals surface area contributed by atoms with Crippen molar-refractivity contribution in [1.29, 1.82) is 0 Å². The van der Waals surface area contributed by atoms with Crippen LogP contribution in [0.25, 0.3) is 10.9 Å². The molecule has 3 heterocycles. The maximum Gasteiger partial charge on any atom is 0.261 e. The Morgan fingerprint density at radius 1 is 1.07 bits per heavy atom. The van der Waals surface area contributed by atoms with Gasteiger partial charge < -0.3 is 0 Å². The third kappa shape index (κ3) is 2.90. The van der Waals surface area contributed by atoms with Gasteiger partial charge in [-0.25, -0.2) is 9.37 Å². The van der Waals surface area contributed by atoms with Crippen molar-refractivity contribution >= 4 is 10.9 Å². The molecule has 28 heavy (non-hydrogen) atoms. The second-order valence-electron chi connectivity index (χ2n) is 7.69. The highest BCUT2D eigenvalue weighted by Crippen LogP contribution is 2.29. The molecule has 3 aromatic rings. The molecule has 2 aromatic carbocycles. The molecule has 0 radical (unpaired) electrons. The van der Waals surface area contributed by atoms with E-state index in [-0.39, 0.29) is 11.4 Å². The summed E-state index contributed by atoms with van der Waals surface area (Å²) in [5, 5.41) is 0.625. The molecule has 0 saturated carbocycles. The topological polar surface area (TPSA) is 38.1 Å². The zero-order valence-electron chi connectivity index (χ0n) is 15.7. The van der Waals surface area contributed by atoms with E-state index in [1.54, 1.807) is 18.2 Å². The second kappa shape index (κ2) is 6.57. The smallest absolute Gasteiger partial charge is 0.261 e. The zero-order valence-corrected chi connectivity index (χ0v) is 15.7. The Morgan fingerprint density at radius 3 is 2.68 bits per heavy atom. The van der Waals surface area contributed by atoms with Crippen LogP contribution >= 0.6 is 0 Å². The molecule has 0 aliphatic carbocycles. The van der Waals surface area contributed by atoms with Gasteiger partial charge >= 0.3 is 0 Å². The highest BCUT2D eigenvalue weighted by molar-refractivity contribution is 5.79. The Hall–Kier alpha value is -2.97. The lowest BCUT2D eigenvalue weighted by Crippen LogP contribution is -2.34. The van der Waals surface area contributed by atoms with Crippen LogP contribution in [0, 0.1) is 17.7 Å². The number of benzene rings is 2. The minimum absolute atomic E-state index is 0.0330. The lowest BCUT2D eigenvalue weighted by Gasteiger charge is -2.21. The molecule has 5 heteroatoms. The number of hydrogen-bond donors (Lipinski definition) is 0. The zero-order chi connectivity index (χ0) is 19.3. The summed E-state index contributed by atoms with van der Waals surface area (Å²) < 4.78 is 15.2. The summed E-state index contributed by atoms with van der Waals surface area (Å²) in [5.41, 5.74) is 2.10. The molecule has 2 aliphatic heterocycles. The van der Waals surface area contributed by atoms with E-state index in [2.05, 4.69) is 23.8 Å². The van der Waals surface area contributed by atoms with Crippen molar-refractivity contribution in [3.05, 3.63) is 75.6 Å². The molecule has 2 aliphatic rings. The Labute approximate surface area is 162 Å². The van der Waals surface area contributed by atoms with Gasteiger partial charge in [-0.05, 0) is 56.3 Å². The van der Waals surface area contributed by atoms with Crippen molar-refractivity contribution in [2.45, 2.75) is 37.9 Å². The first-order valence-corrected chi connectivity index (χ1v) is 9.61. The average Bonchev–Trinajstić information content (AvgIpc) is 2.94. The highest BCUT2D eigenvalue weighted by Gasteiger charge is 2.35. The first-order chi connectivity index (χ1) is 13.6. The van der Waals surface area contributed by atoms with Gasteiger partial charge in [0, 0.05) is 36.2 Å². The van der Waals surface area contributed by atoms with Crippen LogP contribution in [0.2, 0.25) is 0 Å². The molecule has 2 bridgehead atoms. The molecule has 4 nitrogen and oxygen atoms in total. The van der Waals surface area contributed by atoms with E-state index < -0.39 is 0 Å². The van der Waals surface area contributed by atoms with E-state index in [0.717, 1.165) is 30.7 Å². The molecule has 2 atom stereocenters. The molecule has 1 saturated heterocycles. The minimum atomic E-state index is -0.304. The number of rotatable bonds is 0. The van der Waals surface area contributed by atoms with Crippen molar-refractivity contribution in [3.63, 3.8) is 0 Å². The van der Waals surface area contributed by atoms with Gasteiger partial charge in [0.2, 0.25) is 0 Å². The number of hydrogen-bond acceptors (Lipinski definition) is 3. The van der Waals surface area contributed by atoms with Crippen molar-refractivity contribution in [3.8, 4) is 11.8 Å². The summed E-state index contributed by atoms with van der Waals surface area (Å²) in [6.07, 6.45) is 3.10. The molecular formula is C23H20FN3O. The summed E-state index contributed by atoms with van der Waals surface area (Å²) in [6.45, 7) is 0.714. The summed E-state index contributed by atoms with van der Waals surface area (Å²) in [7, 11) is 2.15. The third-order valence-corrected chi connectivity index (χ3v) is 6.01. The second-order valence-corrected chi connectivity index (χ2v) is 7.69. The van der Waals surface area contributed by atoms with Gasteiger partial charge in [0.15, 0.2) is 0 Å². The third-order valence-electron chi connectivity index (χ3n) is 6.01. The van der Waals surface area contributed by atoms with Crippen LogP contribution in [-0.4, -0.2) is 33.6 Å². The van der Waals surface area contributed by atoms with Crippen LogP contribution in [0.15, 0.2) is 47.3 Å². The fraction of sp³-hybridized carbons (Fsp3) is 0.304. The van der Waals surface area contributed by atoms with Crippen LogP contribution in [0.3, 0.4) is 0 Å². The largest absolute Gasteiger partial charge is 0.298 e. The Balaban J connectivity index is 1.57. The van der Waals surface area contributed by atoms with Crippen molar-refractivity contribution in [2.75, 3.05) is 7.05 Å². The molecule has 1 fully saturated rings. The molecule has 0 amide bonds. The maximum atomic E-state index is 13.3. The fourth-order valence-electron chi connectivity index (χ4n) is 4.38. The molecule has 140 valence electrons.